The zero-order chi connectivity index (χ0) is 19.5. The van der Waals surface area contributed by atoms with Gasteiger partial charge in [0.25, 0.3) is 0 Å². The number of thiocarbonyl (C=S) groups is 1. The molecule has 28 heavy (non-hydrogen) atoms. The standard InChI is InChI=1S/C23H17F2NS2/c24-20-12-18(13-21(25)23(20)26-14-27)16-5-7-17(8-6-16)22-10-9-19(28-22)11-15-3-1-2-4-15/h1-2,5-10,12-13,15H,3-4,11H2. The van der Waals surface area contributed by atoms with E-state index >= 15 is 0 Å². The summed E-state index contributed by atoms with van der Waals surface area (Å²) < 4.78 is 28.1. The minimum absolute atomic E-state index is 0.404. The van der Waals surface area contributed by atoms with E-state index in [1.54, 1.807) is 0 Å². The van der Waals surface area contributed by atoms with E-state index in [4.69, 9.17) is 0 Å². The van der Waals surface area contributed by atoms with Gasteiger partial charge in [0.05, 0.1) is 5.16 Å². The van der Waals surface area contributed by atoms with Crippen LogP contribution in [0, 0.1) is 17.6 Å². The van der Waals surface area contributed by atoms with Crippen molar-refractivity contribution in [2.24, 2.45) is 10.9 Å². The molecule has 1 aliphatic carbocycles. The lowest BCUT2D eigenvalue weighted by Crippen LogP contribution is -1.96. The fraction of sp³-hybridized carbons (Fsp3) is 0.174. The molecule has 0 fully saturated rings. The Morgan fingerprint density at radius 2 is 1.57 bits per heavy atom. The first-order valence-corrected chi connectivity index (χ1v) is 10.3. The average molecular weight is 410 g/mol. The molecular weight excluding hydrogens is 392 g/mol. The van der Waals surface area contributed by atoms with E-state index in [-0.39, 0.29) is 0 Å². The van der Waals surface area contributed by atoms with Crippen LogP contribution in [0.4, 0.5) is 14.5 Å². The lowest BCUT2D eigenvalue weighted by atomic mass is 10.0. The lowest BCUT2D eigenvalue weighted by molar-refractivity contribution is 0.572. The van der Waals surface area contributed by atoms with Gasteiger partial charge in [0.15, 0.2) is 11.6 Å². The minimum Gasteiger partial charge on any atom is -0.204 e. The third-order valence-corrected chi connectivity index (χ3v) is 6.18. The van der Waals surface area contributed by atoms with Crippen molar-refractivity contribution >= 4 is 34.4 Å². The van der Waals surface area contributed by atoms with Crippen molar-refractivity contribution in [2.45, 2.75) is 19.3 Å². The van der Waals surface area contributed by atoms with Gasteiger partial charge in [-0.3, -0.25) is 0 Å². The summed E-state index contributed by atoms with van der Waals surface area (Å²) in [6, 6.07) is 14.6. The molecule has 0 N–H and O–H groups in total. The first-order chi connectivity index (χ1) is 13.6. The summed E-state index contributed by atoms with van der Waals surface area (Å²) in [6.45, 7) is 0. The molecule has 0 amide bonds. The van der Waals surface area contributed by atoms with Crippen LogP contribution in [-0.4, -0.2) is 5.16 Å². The van der Waals surface area contributed by atoms with E-state index in [9.17, 15) is 8.78 Å². The smallest absolute Gasteiger partial charge is 0.153 e. The Hall–Kier alpha value is -2.46. The normalized spacial score (nSPS) is 13.6. The molecule has 0 saturated carbocycles. The molecule has 0 radical (unpaired) electrons. The maximum Gasteiger partial charge on any atom is 0.153 e. The van der Waals surface area contributed by atoms with E-state index in [1.165, 1.54) is 34.7 Å². The van der Waals surface area contributed by atoms with Crippen molar-refractivity contribution in [3.8, 4) is 21.6 Å². The van der Waals surface area contributed by atoms with E-state index in [1.807, 2.05) is 40.8 Å². The predicted molar refractivity (Wildman–Crippen MR) is 115 cm³/mol. The predicted octanol–water partition coefficient (Wildman–Crippen LogP) is 7.60. The molecule has 1 aliphatic rings. The lowest BCUT2D eigenvalue weighted by Gasteiger charge is -2.07. The maximum atomic E-state index is 14.1. The van der Waals surface area contributed by atoms with Crippen molar-refractivity contribution in [3.05, 3.63) is 77.2 Å². The molecule has 5 heteroatoms. The van der Waals surface area contributed by atoms with E-state index < -0.39 is 17.3 Å². The Morgan fingerprint density at radius 3 is 2.21 bits per heavy atom. The molecule has 4 rings (SSSR count). The fourth-order valence-corrected chi connectivity index (χ4v) is 4.70. The van der Waals surface area contributed by atoms with Crippen LogP contribution in [-0.2, 0) is 6.42 Å². The van der Waals surface area contributed by atoms with Crippen LogP contribution in [0.5, 0.6) is 0 Å². The van der Waals surface area contributed by atoms with E-state index in [0.717, 1.165) is 23.5 Å². The maximum absolute atomic E-state index is 14.1. The number of hydrogen-bond acceptors (Lipinski definition) is 3. The SMILES string of the molecule is Fc1cc(-c2ccc(-c3ccc(CC4CC=CC4)s3)cc2)cc(F)c1N=C=S. The number of benzene rings is 2. The molecule has 0 atom stereocenters. The Kier molecular flexibility index (Phi) is 5.58. The molecule has 2 aromatic carbocycles. The highest BCUT2D eigenvalue weighted by Gasteiger charge is 2.14. The molecule has 0 aliphatic heterocycles. The molecule has 0 bridgehead atoms. The molecule has 0 unspecified atom stereocenters. The first-order valence-electron chi connectivity index (χ1n) is 9.05. The molecule has 1 aromatic heterocycles. The van der Waals surface area contributed by atoms with Crippen LogP contribution in [0.3, 0.4) is 0 Å². The fourth-order valence-electron chi connectivity index (χ4n) is 3.48. The number of nitrogens with zero attached hydrogens (tertiary/aromatic N) is 1. The van der Waals surface area contributed by atoms with Crippen molar-refractivity contribution < 1.29 is 8.78 Å². The average Bonchev–Trinajstić information content (AvgIpc) is 3.37. The summed E-state index contributed by atoms with van der Waals surface area (Å²) in [6.07, 6.45) is 7.98. The van der Waals surface area contributed by atoms with Crippen LogP contribution in [0.2, 0.25) is 0 Å². The van der Waals surface area contributed by atoms with Gasteiger partial charge in [-0.2, -0.15) is 4.99 Å². The molecule has 0 spiro atoms. The molecule has 0 saturated heterocycles. The number of rotatable bonds is 5. The monoisotopic (exact) mass is 409 g/mol. The Balaban J connectivity index is 1.54. The zero-order valence-electron chi connectivity index (χ0n) is 15.0. The van der Waals surface area contributed by atoms with Crippen LogP contribution < -0.4 is 0 Å². The minimum atomic E-state index is -0.749. The summed E-state index contributed by atoms with van der Waals surface area (Å²) in [7, 11) is 0. The van der Waals surface area contributed by atoms with Gasteiger partial charge in [-0.25, -0.2) is 8.78 Å². The number of hydrogen-bond donors (Lipinski definition) is 0. The van der Waals surface area contributed by atoms with E-state index in [0.29, 0.717) is 5.56 Å². The van der Waals surface area contributed by atoms with Crippen LogP contribution in [0.25, 0.3) is 21.6 Å². The number of aliphatic imine (C=N–C) groups is 1. The largest absolute Gasteiger partial charge is 0.204 e. The summed E-state index contributed by atoms with van der Waals surface area (Å²) in [4.78, 5) is 6.04. The van der Waals surface area contributed by atoms with Gasteiger partial charge in [-0.1, -0.05) is 36.4 Å². The zero-order valence-corrected chi connectivity index (χ0v) is 16.6. The molecule has 3 aromatic rings. The number of isothiocyanates is 1. The number of halogens is 2. The topological polar surface area (TPSA) is 12.4 Å². The van der Waals surface area contributed by atoms with Gasteiger partial charge in [-0.15, -0.1) is 11.3 Å². The highest BCUT2D eigenvalue weighted by Crippen LogP contribution is 2.34. The molecule has 140 valence electrons. The van der Waals surface area contributed by atoms with Crippen molar-refractivity contribution in [3.63, 3.8) is 0 Å². The molecule has 1 nitrogen and oxygen atoms in total. The van der Waals surface area contributed by atoms with Gasteiger partial charge in [-0.05, 0) is 78.4 Å². The van der Waals surface area contributed by atoms with Gasteiger partial charge in [0.1, 0.15) is 5.69 Å². The van der Waals surface area contributed by atoms with Gasteiger partial charge in [0, 0.05) is 9.75 Å². The second-order valence-corrected chi connectivity index (χ2v) is 8.20. The third kappa shape index (κ3) is 4.02. The second-order valence-electron chi connectivity index (χ2n) is 6.85. The Bertz CT molecular complexity index is 1050. The summed E-state index contributed by atoms with van der Waals surface area (Å²) in [5.74, 6) is -0.772. The quantitative estimate of drug-likeness (QED) is 0.240. The van der Waals surface area contributed by atoms with Gasteiger partial charge < -0.3 is 0 Å². The van der Waals surface area contributed by atoms with Gasteiger partial charge in [0.2, 0.25) is 0 Å². The van der Waals surface area contributed by atoms with E-state index in [2.05, 4.69) is 41.5 Å². The summed E-state index contributed by atoms with van der Waals surface area (Å²) >= 11 is 6.24. The summed E-state index contributed by atoms with van der Waals surface area (Å²) in [5.41, 5.74) is 1.91. The molecule has 1 heterocycles. The van der Waals surface area contributed by atoms with Crippen LogP contribution in [0.15, 0.2) is 65.7 Å². The van der Waals surface area contributed by atoms with Crippen molar-refractivity contribution in [1.82, 2.24) is 0 Å². The summed E-state index contributed by atoms with van der Waals surface area (Å²) in [5, 5.41) is 2.00. The third-order valence-electron chi connectivity index (χ3n) is 4.93. The van der Waals surface area contributed by atoms with Crippen LogP contribution >= 0.6 is 23.6 Å². The highest BCUT2D eigenvalue weighted by molar-refractivity contribution is 7.78. The number of thiophene rings is 1. The van der Waals surface area contributed by atoms with Crippen LogP contribution in [0.1, 0.15) is 17.7 Å². The highest BCUT2D eigenvalue weighted by atomic mass is 32.1. The first kappa shape index (κ1) is 18.9. The molecular formula is C23H17F2NS2. The number of allylic oxidation sites excluding steroid dienone is 2. The van der Waals surface area contributed by atoms with Crippen molar-refractivity contribution in [2.75, 3.05) is 0 Å². The Labute approximate surface area is 172 Å². The second kappa shape index (κ2) is 8.27. The van der Waals surface area contributed by atoms with Gasteiger partial charge >= 0.3 is 0 Å². The van der Waals surface area contributed by atoms with Crippen molar-refractivity contribution in [1.29, 1.82) is 0 Å². The Morgan fingerprint density at radius 1 is 0.929 bits per heavy atom.